The van der Waals surface area contributed by atoms with Gasteiger partial charge >= 0.3 is 0 Å². The second-order valence-corrected chi connectivity index (χ2v) is 12.9. The number of fused-ring (bicyclic) bond motifs is 1. The number of hydrogen-bond acceptors (Lipinski definition) is 3. The number of pyridine rings is 1. The number of aromatic nitrogens is 1. The van der Waals surface area contributed by atoms with Crippen LogP contribution >= 0.6 is 15.9 Å². The molecule has 0 N–H and O–H groups in total. The fraction of sp³-hybridized carbons (Fsp3) is 0.571. The molecule has 0 spiro atoms. The SMILES string of the molecule is Cc1c(Br)cnc2c1CC(=O)N2COCC[Si](C)(C)C. The standard InChI is InChI=1S/C14H21BrN2O2Si/c1-10-11-7-13(18)17(14(11)16-8-12(10)15)9-19-5-6-20(2,3)4/h8H,5-7,9H2,1-4H3. The highest BCUT2D eigenvalue weighted by Gasteiger charge is 2.30. The Morgan fingerprint density at radius 3 is 2.80 bits per heavy atom. The first-order valence-electron chi connectivity index (χ1n) is 6.82. The van der Waals surface area contributed by atoms with Crippen molar-refractivity contribution < 1.29 is 9.53 Å². The van der Waals surface area contributed by atoms with Gasteiger partial charge in [0.05, 0.1) is 6.42 Å². The van der Waals surface area contributed by atoms with Crippen LogP contribution in [-0.4, -0.2) is 32.3 Å². The quantitative estimate of drug-likeness (QED) is 0.600. The van der Waals surface area contributed by atoms with Crippen LogP contribution in [0.4, 0.5) is 5.82 Å². The molecule has 1 aromatic rings. The van der Waals surface area contributed by atoms with Crippen LogP contribution in [0.2, 0.25) is 25.7 Å². The zero-order valence-electron chi connectivity index (χ0n) is 12.5. The van der Waals surface area contributed by atoms with Crippen molar-refractivity contribution in [1.29, 1.82) is 0 Å². The van der Waals surface area contributed by atoms with Crippen LogP contribution in [0.5, 0.6) is 0 Å². The summed E-state index contributed by atoms with van der Waals surface area (Å²) in [6.07, 6.45) is 2.17. The molecular weight excluding hydrogens is 336 g/mol. The van der Waals surface area contributed by atoms with Gasteiger partial charge in [0.2, 0.25) is 5.91 Å². The molecule has 0 atom stereocenters. The fourth-order valence-corrected chi connectivity index (χ4v) is 3.18. The minimum Gasteiger partial charge on any atom is -0.361 e. The van der Waals surface area contributed by atoms with E-state index in [0.717, 1.165) is 27.5 Å². The van der Waals surface area contributed by atoms with Crippen LogP contribution in [0.1, 0.15) is 11.1 Å². The summed E-state index contributed by atoms with van der Waals surface area (Å²) >= 11 is 3.46. The van der Waals surface area contributed by atoms with Crippen molar-refractivity contribution in [3.8, 4) is 0 Å². The normalized spacial score (nSPS) is 14.8. The second kappa shape index (κ2) is 5.95. The summed E-state index contributed by atoms with van der Waals surface area (Å²) in [7, 11) is -1.09. The zero-order valence-corrected chi connectivity index (χ0v) is 15.1. The van der Waals surface area contributed by atoms with Crippen molar-refractivity contribution in [3.63, 3.8) is 0 Å². The number of nitrogens with zero attached hydrogens (tertiary/aromatic N) is 2. The third-order valence-corrected chi connectivity index (χ3v) is 5.99. The molecule has 2 rings (SSSR count). The summed E-state index contributed by atoms with van der Waals surface area (Å²) in [5.41, 5.74) is 2.10. The Balaban J connectivity index is 2.01. The summed E-state index contributed by atoms with van der Waals surface area (Å²) in [6.45, 7) is 9.97. The Labute approximate surface area is 129 Å². The number of amides is 1. The van der Waals surface area contributed by atoms with Crippen molar-refractivity contribution in [2.75, 3.05) is 18.2 Å². The van der Waals surface area contributed by atoms with E-state index in [4.69, 9.17) is 4.74 Å². The van der Waals surface area contributed by atoms with Crippen molar-refractivity contribution in [2.24, 2.45) is 0 Å². The number of halogens is 1. The van der Waals surface area contributed by atoms with Crippen LogP contribution < -0.4 is 4.90 Å². The minimum absolute atomic E-state index is 0.0710. The lowest BCUT2D eigenvalue weighted by Crippen LogP contribution is -2.31. The molecule has 0 bridgehead atoms. The van der Waals surface area contributed by atoms with Crippen molar-refractivity contribution in [1.82, 2.24) is 4.98 Å². The number of anilines is 1. The Bertz CT molecular complexity index is 529. The molecule has 1 amide bonds. The van der Waals surface area contributed by atoms with Crippen LogP contribution in [0.15, 0.2) is 10.7 Å². The third-order valence-electron chi connectivity index (χ3n) is 3.48. The monoisotopic (exact) mass is 356 g/mol. The van der Waals surface area contributed by atoms with Gasteiger partial charge in [-0.05, 0) is 34.5 Å². The largest absolute Gasteiger partial charge is 0.361 e. The molecule has 0 saturated carbocycles. The van der Waals surface area contributed by atoms with E-state index in [-0.39, 0.29) is 5.91 Å². The van der Waals surface area contributed by atoms with E-state index in [1.54, 1.807) is 11.1 Å². The van der Waals surface area contributed by atoms with E-state index in [2.05, 4.69) is 40.6 Å². The Morgan fingerprint density at radius 2 is 2.15 bits per heavy atom. The van der Waals surface area contributed by atoms with E-state index < -0.39 is 8.07 Å². The molecule has 0 fully saturated rings. The fourth-order valence-electron chi connectivity index (χ4n) is 2.08. The first-order chi connectivity index (χ1) is 9.29. The molecule has 20 heavy (non-hydrogen) atoms. The highest BCUT2D eigenvalue weighted by Crippen LogP contribution is 2.32. The Morgan fingerprint density at radius 1 is 1.45 bits per heavy atom. The lowest BCUT2D eigenvalue weighted by Gasteiger charge is -2.19. The summed E-state index contributed by atoms with van der Waals surface area (Å²) in [5.74, 6) is 0.824. The average Bonchev–Trinajstić information content (AvgIpc) is 2.66. The van der Waals surface area contributed by atoms with Crippen LogP contribution in [0, 0.1) is 6.92 Å². The average molecular weight is 357 g/mol. The highest BCUT2D eigenvalue weighted by atomic mass is 79.9. The molecule has 0 saturated heterocycles. The van der Waals surface area contributed by atoms with E-state index >= 15 is 0 Å². The molecule has 2 heterocycles. The smallest absolute Gasteiger partial charge is 0.234 e. The Hall–Kier alpha value is -0.723. The van der Waals surface area contributed by atoms with E-state index in [1.807, 2.05) is 6.92 Å². The first kappa shape index (κ1) is 15.7. The predicted octanol–water partition coefficient (Wildman–Crippen LogP) is 3.35. The third kappa shape index (κ3) is 3.48. The van der Waals surface area contributed by atoms with Gasteiger partial charge in [-0.3, -0.25) is 9.69 Å². The molecule has 110 valence electrons. The lowest BCUT2D eigenvalue weighted by atomic mass is 10.1. The summed E-state index contributed by atoms with van der Waals surface area (Å²) in [5, 5.41) is 0. The highest BCUT2D eigenvalue weighted by molar-refractivity contribution is 9.10. The van der Waals surface area contributed by atoms with E-state index in [1.165, 1.54) is 0 Å². The van der Waals surface area contributed by atoms with Gasteiger partial charge in [-0.1, -0.05) is 19.6 Å². The zero-order chi connectivity index (χ0) is 14.9. The van der Waals surface area contributed by atoms with E-state index in [0.29, 0.717) is 19.8 Å². The van der Waals surface area contributed by atoms with Gasteiger partial charge in [0.25, 0.3) is 0 Å². The molecule has 0 radical (unpaired) electrons. The maximum Gasteiger partial charge on any atom is 0.234 e. The van der Waals surface area contributed by atoms with Gasteiger partial charge in [0, 0.05) is 30.9 Å². The molecular formula is C14H21BrN2O2Si. The summed E-state index contributed by atoms with van der Waals surface area (Å²) < 4.78 is 6.63. The number of hydrogen-bond donors (Lipinski definition) is 0. The van der Waals surface area contributed by atoms with Crippen LogP contribution in [-0.2, 0) is 16.0 Å². The van der Waals surface area contributed by atoms with Gasteiger partial charge in [0.1, 0.15) is 12.5 Å². The van der Waals surface area contributed by atoms with Crippen LogP contribution in [0.3, 0.4) is 0 Å². The first-order valence-corrected chi connectivity index (χ1v) is 11.3. The van der Waals surface area contributed by atoms with Crippen LogP contribution in [0.25, 0.3) is 0 Å². The van der Waals surface area contributed by atoms with Gasteiger partial charge in [-0.15, -0.1) is 0 Å². The second-order valence-electron chi connectivity index (χ2n) is 6.38. The number of carbonyl (C=O) groups excluding carboxylic acids is 1. The number of ether oxygens (including phenoxy) is 1. The topological polar surface area (TPSA) is 42.4 Å². The molecule has 6 heteroatoms. The molecule has 1 aromatic heterocycles. The maximum absolute atomic E-state index is 12.1. The summed E-state index contributed by atoms with van der Waals surface area (Å²) in [4.78, 5) is 18.1. The molecule has 4 nitrogen and oxygen atoms in total. The molecule has 1 aliphatic rings. The predicted molar refractivity (Wildman–Crippen MR) is 86.8 cm³/mol. The summed E-state index contributed by atoms with van der Waals surface area (Å²) in [6, 6.07) is 1.11. The number of carbonyl (C=O) groups is 1. The van der Waals surface area contributed by atoms with Crippen molar-refractivity contribution in [3.05, 3.63) is 21.8 Å². The lowest BCUT2D eigenvalue weighted by molar-refractivity contribution is -0.118. The van der Waals surface area contributed by atoms with Crippen molar-refractivity contribution in [2.45, 2.75) is 39.0 Å². The minimum atomic E-state index is -1.09. The number of rotatable bonds is 5. The van der Waals surface area contributed by atoms with Gasteiger partial charge in [-0.25, -0.2) is 4.98 Å². The molecule has 0 aromatic carbocycles. The van der Waals surface area contributed by atoms with E-state index in [9.17, 15) is 4.79 Å². The Kier molecular flexibility index (Phi) is 4.66. The molecule has 1 aliphatic heterocycles. The van der Waals surface area contributed by atoms with Gasteiger partial charge in [0.15, 0.2) is 0 Å². The van der Waals surface area contributed by atoms with Gasteiger partial charge < -0.3 is 4.74 Å². The maximum atomic E-state index is 12.1. The molecule has 0 aliphatic carbocycles. The molecule has 0 unspecified atom stereocenters. The van der Waals surface area contributed by atoms with Gasteiger partial charge in [-0.2, -0.15) is 0 Å². The van der Waals surface area contributed by atoms with Crippen molar-refractivity contribution >= 4 is 35.7 Å².